The van der Waals surface area contributed by atoms with Crippen LogP contribution in [0.5, 0.6) is 0 Å². The SMILES string of the molecule is CCNC(=O)NC(=O)[C@@H](C)Nc1cccc(-c2nc3ccccc3s2)c1. The van der Waals surface area contributed by atoms with Crippen LogP contribution in [0, 0.1) is 0 Å². The van der Waals surface area contributed by atoms with Gasteiger partial charge < -0.3 is 10.6 Å². The molecule has 0 spiro atoms. The summed E-state index contributed by atoms with van der Waals surface area (Å²) in [6, 6.07) is 14.7. The highest BCUT2D eigenvalue weighted by molar-refractivity contribution is 7.21. The maximum atomic E-state index is 12.1. The van der Waals surface area contributed by atoms with Crippen molar-refractivity contribution in [2.45, 2.75) is 19.9 Å². The largest absolute Gasteiger partial charge is 0.374 e. The Morgan fingerprint density at radius 3 is 2.73 bits per heavy atom. The van der Waals surface area contributed by atoms with E-state index in [9.17, 15) is 9.59 Å². The van der Waals surface area contributed by atoms with Crippen molar-refractivity contribution >= 4 is 39.2 Å². The minimum Gasteiger partial charge on any atom is -0.374 e. The molecule has 0 aliphatic carbocycles. The van der Waals surface area contributed by atoms with Crippen LogP contribution in [-0.4, -0.2) is 29.5 Å². The number of benzene rings is 2. The molecule has 3 amide bonds. The molecule has 2 aromatic carbocycles. The van der Waals surface area contributed by atoms with Gasteiger partial charge in [-0.25, -0.2) is 9.78 Å². The maximum absolute atomic E-state index is 12.1. The normalized spacial score (nSPS) is 11.8. The van der Waals surface area contributed by atoms with E-state index in [2.05, 4.69) is 20.9 Å². The van der Waals surface area contributed by atoms with Gasteiger partial charge in [-0.05, 0) is 38.1 Å². The lowest BCUT2D eigenvalue weighted by Gasteiger charge is -2.15. The second-order valence-corrected chi connectivity index (χ2v) is 6.81. The van der Waals surface area contributed by atoms with Gasteiger partial charge >= 0.3 is 6.03 Å². The van der Waals surface area contributed by atoms with Crippen molar-refractivity contribution in [3.63, 3.8) is 0 Å². The highest BCUT2D eigenvalue weighted by Crippen LogP contribution is 2.31. The van der Waals surface area contributed by atoms with Gasteiger partial charge in [-0.1, -0.05) is 24.3 Å². The molecule has 0 saturated heterocycles. The summed E-state index contributed by atoms with van der Waals surface area (Å²) >= 11 is 1.63. The van der Waals surface area contributed by atoms with Crippen LogP contribution >= 0.6 is 11.3 Å². The number of amides is 3. The van der Waals surface area contributed by atoms with Crippen LogP contribution in [0.1, 0.15) is 13.8 Å². The summed E-state index contributed by atoms with van der Waals surface area (Å²) in [5.74, 6) is -0.388. The van der Waals surface area contributed by atoms with Gasteiger partial charge in [-0.3, -0.25) is 10.1 Å². The molecule has 7 heteroatoms. The predicted molar refractivity (Wildman–Crippen MR) is 105 cm³/mol. The Balaban J connectivity index is 1.72. The topological polar surface area (TPSA) is 83.1 Å². The molecule has 0 saturated carbocycles. The fourth-order valence-electron chi connectivity index (χ4n) is 2.48. The quantitative estimate of drug-likeness (QED) is 0.642. The monoisotopic (exact) mass is 368 g/mol. The van der Waals surface area contributed by atoms with Crippen molar-refractivity contribution < 1.29 is 9.59 Å². The Bertz CT molecular complexity index is 905. The van der Waals surface area contributed by atoms with Gasteiger partial charge in [0.25, 0.3) is 0 Å². The Kier molecular flexibility index (Phi) is 5.48. The third-order valence-corrected chi connectivity index (χ3v) is 4.84. The molecule has 1 aromatic heterocycles. The Morgan fingerprint density at radius 2 is 1.96 bits per heavy atom. The molecule has 1 heterocycles. The van der Waals surface area contributed by atoms with Gasteiger partial charge in [0.2, 0.25) is 5.91 Å². The van der Waals surface area contributed by atoms with Crippen molar-refractivity contribution in [2.24, 2.45) is 0 Å². The van der Waals surface area contributed by atoms with Crippen LogP contribution in [-0.2, 0) is 4.79 Å². The van der Waals surface area contributed by atoms with Crippen molar-refractivity contribution in [2.75, 3.05) is 11.9 Å². The first-order chi connectivity index (χ1) is 12.6. The van der Waals surface area contributed by atoms with Crippen LogP contribution in [0.4, 0.5) is 10.5 Å². The summed E-state index contributed by atoms with van der Waals surface area (Å²) < 4.78 is 1.13. The first-order valence-electron chi connectivity index (χ1n) is 8.38. The molecule has 3 rings (SSSR count). The average Bonchev–Trinajstić information content (AvgIpc) is 3.06. The standard InChI is InChI=1S/C19H20N4O2S/c1-3-20-19(25)23-17(24)12(2)21-14-8-6-7-13(11-14)18-22-15-9-4-5-10-16(15)26-18/h4-12,21H,3H2,1-2H3,(H2,20,23,24,25)/t12-/m1/s1. The Hall–Kier alpha value is -2.93. The molecule has 0 unspecified atom stereocenters. The number of thiazole rings is 1. The van der Waals surface area contributed by atoms with E-state index in [0.29, 0.717) is 6.54 Å². The summed E-state index contributed by atoms with van der Waals surface area (Å²) in [6.07, 6.45) is 0. The fourth-order valence-corrected chi connectivity index (χ4v) is 3.44. The molecule has 0 bridgehead atoms. The Morgan fingerprint density at radius 1 is 1.15 bits per heavy atom. The summed E-state index contributed by atoms with van der Waals surface area (Å²) in [5.41, 5.74) is 2.74. The first-order valence-corrected chi connectivity index (χ1v) is 9.19. The van der Waals surface area contributed by atoms with Crippen LogP contribution in [0.2, 0.25) is 0 Å². The van der Waals surface area contributed by atoms with Crippen molar-refractivity contribution in [1.82, 2.24) is 15.6 Å². The summed E-state index contributed by atoms with van der Waals surface area (Å²) in [5, 5.41) is 8.88. The van der Waals surface area contributed by atoms with Crippen LogP contribution in [0.25, 0.3) is 20.8 Å². The molecule has 26 heavy (non-hydrogen) atoms. The number of rotatable bonds is 5. The summed E-state index contributed by atoms with van der Waals surface area (Å²) in [6.45, 7) is 3.96. The van der Waals surface area contributed by atoms with Crippen molar-refractivity contribution in [3.8, 4) is 10.6 Å². The maximum Gasteiger partial charge on any atom is 0.321 e. The Labute approximate surface area is 155 Å². The number of carbonyl (C=O) groups is 2. The van der Waals surface area contributed by atoms with Crippen LogP contribution in [0.3, 0.4) is 0 Å². The number of nitrogens with one attached hydrogen (secondary N) is 3. The van der Waals surface area contributed by atoms with E-state index < -0.39 is 12.1 Å². The number of nitrogens with zero attached hydrogens (tertiary/aromatic N) is 1. The number of aromatic nitrogens is 1. The second-order valence-electron chi connectivity index (χ2n) is 5.78. The van der Waals surface area contributed by atoms with Gasteiger partial charge in [0.05, 0.1) is 10.2 Å². The number of urea groups is 1. The van der Waals surface area contributed by atoms with E-state index in [1.54, 1.807) is 25.2 Å². The average molecular weight is 368 g/mol. The lowest BCUT2D eigenvalue weighted by Crippen LogP contribution is -2.45. The lowest BCUT2D eigenvalue weighted by molar-refractivity contribution is -0.120. The predicted octanol–water partition coefficient (Wildman–Crippen LogP) is 3.61. The van der Waals surface area contributed by atoms with Crippen LogP contribution < -0.4 is 16.0 Å². The highest BCUT2D eigenvalue weighted by atomic mass is 32.1. The molecule has 0 aliphatic rings. The zero-order chi connectivity index (χ0) is 18.5. The molecular formula is C19H20N4O2S. The zero-order valence-corrected chi connectivity index (χ0v) is 15.4. The third kappa shape index (κ3) is 4.18. The van der Waals surface area contributed by atoms with E-state index in [-0.39, 0.29) is 5.91 Å². The summed E-state index contributed by atoms with van der Waals surface area (Å²) in [7, 11) is 0. The molecule has 0 aliphatic heterocycles. The molecule has 0 fully saturated rings. The smallest absolute Gasteiger partial charge is 0.321 e. The number of imide groups is 1. The minimum absolute atomic E-state index is 0.388. The molecule has 0 radical (unpaired) electrons. The van der Waals surface area contributed by atoms with Gasteiger partial charge in [-0.15, -0.1) is 11.3 Å². The molecule has 1 atom stereocenters. The fraction of sp³-hybridized carbons (Fsp3) is 0.211. The van der Waals surface area contributed by atoms with Crippen molar-refractivity contribution in [1.29, 1.82) is 0 Å². The van der Waals surface area contributed by atoms with Gasteiger partial charge in [0.1, 0.15) is 11.0 Å². The number of fused-ring (bicyclic) bond motifs is 1. The van der Waals surface area contributed by atoms with E-state index in [0.717, 1.165) is 26.5 Å². The van der Waals surface area contributed by atoms with Gasteiger partial charge in [-0.2, -0.15) is 0 Å². The van der Waals surface area contributed by atoms with Crippen molar-refractivity contribution in [3.05, 3.63) is 48.5 Å². The van der Waals surface area contributed by atoms with Gasteiger partial charge in [0, 0.05) is 17.8 Å². The number of hydrogen-bond donors (Lipinski definition) is 3. The first kappa shape index (κ1) is 17.9. The highest BCUT2D eigenvalue weighted by Gasteiger charge is 2.15. The molecule has 3 N–H and O–H groups in total. The number of hydrogen-bond acceptors (Lipinski definition) is 5. The molecular weight excluding hydrogens is 348 g/mol. The number of para-hydroxylation sites is 1. The van der Waals surface area contributed by atoms with E-state index >= 15 is 0 Å². The van der Waals surface area contributed by atoms with E-state index in [1.165, 1.54) is 0 Å². The summed E-state index contributed by atoms with van der Waals surface area (Å²) in [4.78, 5) is 28.2. The lowest BCUT2D eigenvalue weighted by atomic mass is 10.2. The van der Waals surface area contributed by atoms with Crippen LogP contribution in [0.15, 0.2) is 48.5 Å². The second kappa shape index (κ2) is 7.97. The number of carbonyl (C=O) groups excluding carboxylic acids is 2. The molecule has 3 aromatic rings. The number of anilines is 1. The third-order valence-electron chi connectivity index (χ3n) is 3.75. The van der Waals surface area contributed by atoms with Gasteiger partial charge in [0.15, 0.2) is 0 Å². The zero-order valence-electron chi connectivity index (χ0n) is 14.6. The van der Waals surface area contributed by atoms with E-state index in [4.69, 9.17) is 0 Å². The molecule has 6 nitrogen and oxygen atoms in total. The minimum atomic E-state index is -0.553. The van der Waals surface area contributed by atoms with E-state index in [1.807, 2.05) is 48.5 Å². The molecule has 134 valence electrons.